The van der Waals surface area contributed by atoms with Gasteiger partial charge in [0.1, 0.15) is 5.60 Å². The van der Waals surface area contributed by atoms with E-state index in [9.17, 15) is 4.79 Å². The van der Waals surface area contributed by atoms with Crippen LogP contribution >= 0.6 is 0 Å². The summed E-state index contributed by atoms with van der Waals surface area (Å²) in [7, 11) is 0. The lowest BCUT2D eigenvalue weighted by Gasteiger charge is -2.17. The van der Waals surface area contributed by atoms with Gasteiger partial charge in [-0.05, 0) is 46.5 Å². The van der Waals surface area contributed by atoms with Crippen LogP contribution in [0.15, 0.2) is 24.3 Å². The number of allylic oxidation sites excluding steroid dienone is 3. The first-order valence-electron chi connectivity index (χ1n) is 6.00. The van der Waals surface area contributed by atoms with Crippen molar-refractivity contribution in [2.75, 3.05) is 0 Å². The van der Waals surface area contributed by atoms with Crippen LogP contribution in [0.1, 0.15) is 53.4 Å². The van der Waals surface area contributed by atoms with Crippen molar-refractivity contribution >= 4 is 5.97 Å². The molecule has 0 aromatic rings. The van der Waals surface area contributed by atoms with Crippen LogP contribution in [-0.4, -0.2) is 11.6 Å². The van der Waals surface area contributed by atoms with Crippen molar-refractivity contribution in [1.29, 1.82) is 0 Å². The fourth-order valence-electron chi connectivity index (χ4n) is 1.15. The predicted molar refractivity (Wildman–Crippen MR) is 68.3 cm³/mol. The maximum atomic E-state index is 11.3. The Kier molecular flexibility index (Phi) is 7.61. The zero-order valence-electron chi connectivity index (χ0n) is 11.0. The molecule has 0 atom stereocenters. The van der Waals surface area contributed by atoms with Crippen LogP contribution in [0, 0.1) is 0 Å². The van der Waals surface area contributed by atoms with Crippen molar-refractivity contribution in [2.24, 2.45) is 0 Å². The van der Waals surface area contributed by atoms with E-state index in [4.69, 9.17) is 4.74 Å². The second-order valence-corrected chi connectivity index (χ2v) is 4.75. The van der Waals surface area contributed by atoms with Gasteiger partial charge in [0.2, 0.25) is 0 Å². The van der Waals surface area contributed by atoms with E-state index in [-0.39, 0.29) is 5.97 Å². The van der Waals surface area contributed by atoms with Gasteiger partial charge in [-0.2, -0.15) is 0 Å². The molecule has 0 aliphatic heterocycles. The molecule has 0 aliphatic rings. The van der Waals surface area contributed by atoms with E-state index in [0.717, 1.165) is 25.7 Å². The van der Waals surface area contributed by atoms with Crippen molar-refractivity contribution in [3.8, 4) is 0 Å². The molecule has 0 unspecified atom stereocenters. The molecule has 0 rings (SSSR count). The molecule has 0 spiro atoms. The lowest BCUT2D eigenvalue weighted by Crippen LogP contribution is -2.22. The van der Waals surface area contributed by atoms with Crippen LogP contribution in [0.25, 0.3) is 0 Å². The van der Waals surface area contributed by atoms with Gasteiger partial charge >= 0.3 is 5.97 Å². The minimum atomic E-state index is -0.398. The van der Waals surface area contributed by atoms with Crippen LogP contribution in [0.5, 0.6) is 0 Å². The second-order valence-electron chi connectivity index (χ2n) is 4.75. The molecule has 0 amide bonds. The highest BCUT2D eigenvalue weighted by atomic mass is 16.6. The van der Waals surface area contributed by atoms with Gasteiger partial charge in [0.15, 0.2) is 0 Å². The van der Waals surface area contributed by atoms with E-state index in [2.05, 4.69) is 19.1 Å². The molecular weight excluding hydrogens is 200 g/mol. The Bertz CT molecular complexity index is 244. The van der Waals surface area contributed by atoms with Crippen LogP contribution in [0.2, 0.25) is 0 Å². The first-order chi connectivity index (χ1) is 7.45. The summed E-state index contributed by atoms with van der Waals surface area (Å²) < 4.78 is 5.14. The molecule has 92 valence electrons. The summed E-state index contributed by atoms with van der Waals surface area (Å²) in [6, 6.07) is 0. The molecule has 2 nitrogen and oxygen atoms in total. The van der Waals surface area contributed by atoms with E-state index < -0.39 is 5.60 Å². The average molecular weight is 224 g/mol. The molecule has 0 bridgehead atoms. The minimum Gasteiger partial charge on any atom is -0.457 e. The summed E-state index contributed by atoms with van der Waals surface area (Å²) in [5, 5.41) is 0. The van der Waals surface area contributed by atoms with Gasteiger partial charge in [-0.15, -0.1) is 0 Å². The van der Waals surface area contributed by atoms with Gasteiger partial charge in [0, 0.05) is 6.08 Å². The van der Waals surface area contributed by atoms with Crippen molar-refractivity contribution < 1.29 is 9.53 Å². The number of hydrogen-bond donors (Lipinski definition) is 0. The Morgan fingerprint density at radius 1 is 1.12 bits per heavy atom. The Morgan fingerprint density at radius 2 is 1.75 bits per heavy atom. The fraction of sp³-hybridized carbons (Fsp3) is 0.643. The lowest BCUT2D eigenvalue weighted by molar-refractivity contribution is -0.148. The topological polar surface area (TPSA) is 26.3 Å². The molecule has 0 fully saturated rings. The quantitative estimate of drug-likeness (QED) is 0.295. The standard InChI is InChI=1S/C14H24O2/c1-5-6-7-8-9-10-11-12-13(15)16-14(2,3)4/h6-7,11-12H,5,8-10H2,1-4H3/b7-6+,12-11+. The van der Waals surface area contributed by atoms with E-state index in [1.165, 1.54) is 6.08 Å². The summed E-state index contributed by atoms with van der Waals surface area (Å²) in [6.45, 7) is 7.73. The highest BCUT2D eigenvalue weighted by Gasteiger charge is 2.13. The van der Waals surface area contributed by atoms with E-state index in [1.807, 2.05) is 26.8 Å². The first kappa shape index (κ1) is 14.9. The molecule has 2 heteroatoms. The molecular formula is C14H24O2. The average Bonchev–Trinajstić information content (AvgIpc) is 2.13. The summed E-state index contributed by atoms with van der Waals surface area (Å²) in [5.41, 5.74) is -0.398. The number of hydrogen-bond acceptors (Lipinski definition) is 2. The zero-order chi connectivity index (χ0) is 12.4. The van der Waals surface area contributed by atoms with Gasteiger partial charge in [-0.25, -0.2) is 4.79 Å². The maximum Gasteiger partial charge on any atom is 0.330 e. The third-order valence-corrected chi connectivity index (χ3v) is 1.80. The molecule has 0 N–H and O–H groups in total. The molecule has 0 saturated carbocycles. The van der Waals surface area contributed by atoms with E-state index in [1.54, 1.807) is 0 Å². The third kappa shape index (κ3) is 11.0. The summed E-state index contributed by atoms with van der Waals surface area (Å²) >= 11 is 0. The molecule has 0 aliphatic carbocycles. The highest BCUT2D eigenvalue weighted by molar-refractivity contribution is 5.82. The number of ether oxygens (including phenoxy) is 1. The Balaban J connectivity index is 3.61. The predicted octanol–water partition coefficient (Wildman–Crippen LogP) is 4.02. The second kappa shape index (κ2) is 8.14. The number of rotatable bonds is 6. The van der Waals surface area contributed by atoms with Gasteiger partial charge in [0.05, 0.1) is 0 Å². The molecule has 0 aromatic carbocycles. The summed E-state index contributed by atoms with van der Waals surface area (Å²) in [5.74, 6) is -0.253. The van der Waals surface area contributed by atoms with Crippen LogP contribution in [0.3, 0.4) is 0 Å². The van der Waals surface area contributed by atoms with Gasteiger partial charge in [-0.1, -0.05) is 25.2 Å². The number of carbonyl (C=O) groups excluding carboxylic acids is 1. The van der Waals surface area contributed by atoms with E-state index >= 15 is 0 Å². The van der Waals surface area contributed by atoms with Crippen LogP contribution < -0.4 is 0 Å². The SMILES string of the molecule is CC/C=C/CCC/C=C/C(=O)OC(C)(C)C. The smallest absolute Gasteiger partial charge is 0.330 e. The van der Waals surface area contributed by atoms with Crippen LogP contribution in [-0.2, 0) is 9.53 Å². The minimum absolute atomic E-state index is 0.253. The maximum absolute atomic E-state index is 11.3. The number of carbonyl (C=O) groups is 1. The number of unbranched alkanes of at least 4 members (excludes halogenated alkanes) is 2. The molecule has 16 heavy (non-hydrogen) atoms. The Labute approximate surface area is 99.4 Å². The van der Waals surface area contributed by atoms with Crippen molar-refractivity contribution in [1.82, 2.24) is 0 Å². The Hall–Kier alpha value is -1.05. The Morgan fingerprint density at radius 3 is 2.31 bits per heavy atom. The summed E-state index contributed by atoms with van der Waals surface area (Å²) in [6.07, 6.45) is 11.9. The first-order valence-corrected chi connectivity index (χ1v) is 6.00. The third-order valence-electron chi connectivity index (χ3n) is 1.80. The van der Waals surface area contributed by atoms with Crippen molar-refractivity contribution in [3.05, 3.63) is 24.3 Å². The van der Waals surface area contributed by atoms with Crippen molar-refractivity contribution in [3.63, 3.8) is 0 Å². The molecule has 0 aromatic heterocycles. The van der Waals surface area contributed by atoms with E-state index in [0.29, 0.717) is 0 Å². The molecule has 0 saturated heterocycles. The molecule has 0 radical (unpaired) electrons. The summed E-state index contributed by atoms with van der Waals surface area (Å²) in [4.78, 5) is 11.3. The monoisotopic (exact) mass is 224 g/mol. The van der Waals surface area contributed by atoms with Gasteiger partial charge in [0.25, 0.3) is 0 Å². The lowest BCUT2D eigenvalue weighted by atomic mass is 10.2. The van der Waals surface area contributed by atoms with Crippen molar-refractivity contribution in [2.45, 2.75) is 59.0 Å². The zero-order valence-corrected chi connectivity index (χ0v) is 11.0. The number of esters is 1. The largest absolute Gasteiger partial charge is 0.457 e. The van der Waals surface area contributed by atoms with Gasteiger partial charge < -0.3 is 4.74 Å². The highest BCUT2D eigenvalue weighted by Crippen LogP contribution is 2.07. The fourth-order valence-corrected chi connectivity index (χ4v) is 1.15. The normalized spacial score (nSPS) is 12.5. The van der Waals surface area contributed by atoms with Gasteiger partial charge in [-0.3, -0.25) is 0 Å². The van der Waals surface area contributed by atoms with Crippen LogP contribution in [0.4, 0.5) is 0 Å². The molecule has 0 heterocycles.